The first-order valence-corrected chi connectivity index (χ1v) is 10.5. The molecule has 0 fully saturated rings. The lowest BCUT2D eigenvalue weighted by atomic mass is 10.1. The van der Waals surface area contributed by atoms with Crippen LogP contribution in [-0.4, -0.2) is 31.6 Å². The average molecular weight is 353 g/mol. The maximum absolute atomic E-state index is 11.5. The number of rotatable bonds is 7. The number of hydrogen-bond acceptors (Lipinski definition) is 5. The highest BCUT2D eigenvalue weighted by Crippen LogP contribution is 2.23. The van der Waals surface area contributed by atoms with Gasteiger partial charge < -0.3 is 0 Å². The van der Waals surface area contributed by atoms with Gasteiger partial charge in [0, 0.05) is 24.2 Å². The quantitative estimate of drug-likeness (QED) is 0.762. The number of sulfone groups is 1. The molecule has 0 saturated heterocycles. The second kappa shape index (κ2) is 7.55. The molecule has 4 nitrogen and oxygen atoms in total. The van der Waals surface area contributed by atoms with Crippen LogP contribution in [0.2, 0.25) is 0 Å². The fourth-order valence-corrected chi connectivity index (χ4v) is 3.91. The Hall–Kier alpha value is -1.24. The van der Waals surface area contributed by atoms with Crippen molar-refractivity contribution in [3.63, 3.8) is 0 Å². The molecule has 6 heteroatoms. The van der Waals surface area contributed by atoms with Crippen LogP contribution >= 0.6 is 11.3 Å². The minimum atomic E-state index is -3.14. The van der Waals surface area contributed by atoms with Gasteiger partial charge in [0.05, 0.1) is 15.6 Å². The third-order valence-corrected chi connectivity index (χ3v) is 6.01. The van der Waals surface area contributed by atoms with Crippen molar-refractivity contribution in [2.75, 3.05) is 13.3 Å². The largest absolute Gasteiger partial charge is 0.294 e. The molecule has 1 atom stereocenters. The van der Waals surface area contributed by atoms with Crippen molar-refractivity contribution in [3.8, 4) is 0 Å². The van der Waals surface area contributed by atoms with E-state index in [1.54, 1.807) is 23.5 Å². The molecule has 0 radical (unpaired) electrons. The van der Waals surface area contributed by atoms with E-state index in [-0.39, 0.29) is 6.04 Å². The van der Waals surface area contributed by atoms with Crippen molar-refractivity contribution in [2.45, 2.75) is 44.2 Å². The second-order valence-corrected chi connectivity index (χ2v) is 8.87. The highest BCUT2D eigenvalue weighted by Gasteiger charge is 2.15. The molecule has 0 bridgehead atoms. The van der Waals surface area contributed by atoms with Crippen LogP contribution in [0.4, 0.5) is 0 Å². The highest BCUT2D eigenvalue weighted by atomic mass is 32.2. The summed E-state index contributed by atoms with van der Waals surface area (Å²) in [6.07, 6.45) is 3.39. The summed E-state index contributed by atoms with van der Waals surface area (Å²) in [6, 6.07) is 7.33. The first-order valence-electron chi connectivity index (χ1n) is 7.74. The predicted octanol–water partition coefficient (Wildman–Crippen LogP) is 3.69. The normalized spacial score (nSPS) is 13.4. The van der Waals surface area contributed by atoms with Gasteiger partial charge in [0.1, 0.15) is 0 Å². The summed E-state index contributed by atoms with van der Waals surface area (Å²) in [5.74, 6) is 0. The van der Waals surface area contributed by atoms with Crippen LogP contribution in [-0.2, 0) is 22.8 Å². The Morgan fingerprint density at radius 1 is 1.26 bits per heavy atom. The molecule has 0 aliphatic heterocycles. The zero-order valence-corrected chi connectivity index (χ0v) is 15.7. The summed E-state index contributed by atoms with van der Waals surface area (Å²) in [5, 5.41) is 3.32. The standard InChI is InChI=1S/C17H24N2O2S2/c1-5-6-17-18-15(12-22-17)11-19(3)13(2)14-7-9-16(10-8-14)23(4,20)21/h7-10,12-13H,5-6,11H2,1-4H3/t13-/m0/s1. The van der Waals surface area contributed by atoms with E-state index >= 15 is 0 Å². The molecular formula is C17H24N2O2S2. The molecule has 0 aliphatic carbocycles. The van der Waals surface area contributed by atoms with Gasteiger partial charge in [-0.3, -0.25) is 4.90 Å². The van der Waals surface area contributed by atoms with Crippen LogP contribution in [0.1, 0.15) is 42.6 Å². The van der Waals surface area contributed by atoms with Gasteiger partial charge in [0.2, 0.25) is 0 Å². The van der Waals surface area contributed by atoms with Crippen LogP contribution in [0.25, 0.3) is 0 Å². The van der Waals surface area contributed by atoms with Crippen molar-refractivity contribution in [2.24, 2.45) is 0 Å². The SMILES string of the molecule is CCCc1nc(CN(C)[C@@H](C)c2ccc(S(C)(=O)=O)cc2)cs1. The molecule has 2 aromatic rings. The van der Waals surface area contributed by atoms with Crippen LogP contribution in [0.3, 0.4) is 0 Å². The van der Waals surface area contributed by atoms with E-state index in [1.807, 2.05) is 12.1 Å². The molecule has 1 aromatic heterocycles. The maximum Gasteiger partial charge on any atom is 0.175 e. The molecule has 0 saturated carbocycles. The Morgan fingerprint density at radius 3 is 2.48 bits per heavy atom. The number of nitrogens with zero attached hydrogens (tertiary/aromatic N) is 2. The van der Waals surface area contributed by atoms with Gasteiger partial charge in [-0.2, -0.15) is 0 Å². The molecule has 0 N–H and O–H groups in total. The highest BCUT2D eigenvalue weighted by molar-refractivity contribution is 7.90. The lowest BCUT2D eigenvalue weighted by Crippen LogP contribution is -2.22. The van der Waals surface area contributed by atoms with Gasteiger partial charge >= 0.3 is 0 Å². The van der Waals surface area contributed by atoms with E-state index in [0.29, 0.717) is 4.90 Å². The van der Waals surface area contributed by atoms with Crippen molar-refractivity contribution in [3.05, 3.63) is 45.9 Å². The number of benzene rings is 1. The summed E-state index contributed by atoms with van der Waals surface area (Å²) in [5.41, 5.74) is 2.20. The van der Waals surface area contributed by atoms with Crippen molar-refractivity contribution in [1.82, 2.24) is 9.88 Å². The van der Waals surface area contributed by atoms with Crippen molar-refractivity contribution >= 4 is 21.2 Å². The predicted molar refractivity (Wildman–Crippen MR) is 95.5 cm³/mol. The molecule has 0 unspecified atom stereocenters. The maximum atomic E-state index is 11.5. The number of aryl methyl sites for hydroxylation is 1. The molecule has 1 heterocycles. The number of aromatic nitrogens is 1. The molecule has 0 spiro atoms. The summed E-state index contributed by atoms with van der Waals surface area (Å²) >= 11 is 1.72. The average Bonchev–Trinajstić information content (AvgIpc) is 2.93. The van der Waals surface area contributed by atoms with Gasteiger partial charge in [0.25, 0.3) is 0 Å². The Balaban J connectivity index is 2.05. The van der Waals surface area contributed by atoms with E-state index in [1.165, 1.54) is 11.3 Å². The van der Waals surface area contributed by atoms with Gasteiger partial charge in [0.15, 0.2) is 9.84 Å². The molecule has 2 rings (SSSR count). The monoisotopic (exact) mass is 352 g/mol. The van der Waals surface area contributed by atoms with Gasteiger partial charge in [-0.25, -0.2) is 13.4 Å². The number of hydrogen-bond donors (Lipinski definition) is 0. The van der Waals surface area contributed by atoms with Gasteiger partial charge in [-0.05, 0) is 44.5 Å². The summed E-state index contributed by atoms with van der Waals surface area (Å²) < 4.78 is 23.1. The minimum Gasteiger partial charge on any atom is -0.294 e. The number of thiazole rings is 1. The first kappa shape index (κ1) is 18.1. The van der Waals surface area contributed by atoms with Crippen molar-refractivity contribution < 1.29 is 8.42 Å². The van der Waals surface area contributed by atoms with E-state index in [2.05, 4.69) is 36.2 Å². The van der Waals surface area contributed by atoms with Crippen LogP contribution < -0.4 is 0 Å². The zero-order chi connectivity index (χ0) is 17.0. The van der Waals surface area contributed by atoms with E-state index in [0.717, 1.165) is 30.6 Å². The molecule has 1 aromatic carbocycles. The van der Waals surface area contributed by atoms with Crippen molar-refractivity contribution in [1.29, 1.82) is 0 Å². The lowest BCUT2D eigenvalue weighted by molar-refractivity contribution is 0.250. The second-order valence-electron chi connectivity index (χ2n) is 5.91. The summed E-state index contributed by atoms with van der Waals surface area (Å²) in [7, 11) is -1.08. The third-order valence-electron chi connectivity index (χ3n) is 3.93. The van der Waals surface area contributed by atoms with E-state index in [9.17, 15) is 8.42 Å². The summed E-state index contributed by atoms with van der Waals surface area (Å²) in [4.78, 5) is 7.24. The van der Waals surface area contributed by atoms with E-state index < -0.39 is 9.84 Å². The Bertz CT molecular complexity index is 736. The van der Waals surface area contributed by atoms with Crippen LogP contribution in [0.5, 0.6) is 0 Å². The van der Waals surface area contributed by atoms with Crippen LogP contribution in [0.15, 0.2) is 34.5 Å². The topological polar surface area (TPSA) is 50.3 Å². The van der Waals surface area contributed by atoms with Gasteiger partial charge in [-0.1, -0.05) is 19.1 Å². The Kier molecular flexibility index (Phi) is 5.95. The first-order chi connectivity index (χ1) is 10.8. The Labute approximate surface area is 143 Å². The minimum absolute atomic E-state index is 0.194. The molecule has 126 valence electrons. The zero-order valence-electron chi connectivity index (χ0n) is 14.1. The Morgan fingerprint density at radius 2 is 1.91 bits per heavy atom. The lowest BCUT2D eigenvalue weighted by Gasteiger charge is -2.24. The summed E-state index contributed by atoms with van der Waals surface area (Å²) in [6.45, 7) is 5.07. The molecule has 0 aliphatic rings. The molecule has 23 heavy (non-hydrogen) atoms. The third kappa shape index (κ3) is 4.86. The fourth-order valence-electron chi connectivity index (χ4n) is 2.39. The fraction of sp³-hybridized carbons (Fsp3) is 0.471. The van der Waals surface area contributed by atoms with Crippen LogP contribution in [0, 0.1) is 0 Å². The smallest absolute Gasteiger partial charge is 0.175 e. The van der Waals surface area contributed by atoms with Gasteiger partial charge in [-0.15, -0.1) is 11.3 Å². The molecular weight excluding hydrogens is 328 g/mol. The van der Waals surface area contributed by atoms with E-state index in [4.69, 9.17) is 0 Å². The molecule has 0 amide bonds.